The first-order valence-corrected chi connectivity index (χ1v) is 9.78. The number of ether oxygens (including phenoxy) is 1. The van der Waals surface area contributed by atoms with Gasteiger partial charge in [0, 0.05) is 35.2 Å². The number of hydrogen-bond donors (Lipinski definition) is 2. The number of aromatic nitrogens is 1. The molecule has 0 aliphatic carbocycles. The van der Waals surface area contributed by atoms with Gasteiger partial charge in [0.25, 0.3) is 0 Å². The van der Waals surface area contributed by atoms with E-state index in [1.165, 1.54) is 0 Å². The summed E-state index contributed by atoms with van der Waals surface area (Å²) in [5.74, 6) is 0.762. The van der Waals surface area contributed by atoms with E-state index in [0.29, 0.717) is 23.1 Å². The molecular weight excluding hydrogens is 383 g/mol. The van der Waals surface area contributed by atoms with Crippen molar-refractivity contribution in [3.05, 3.63) is 63.8 Å². The van der Waals surface area contributed by atoms with Crippen LogP contribution in [0.4, 0.5) is 0 Å². The SMILES string of the molecule is COc1cccc(C2(O)CCCN(Cc3c[nH]c4cc(Cl)cc(Cl)c34)C2)c1. The molecule has 27 heavy (non-hydrogen) atoms. The molecule has 4 rings (SSSR count). The number of piperidine rings is 1. The Morgan fingerprint density at radius 2 is 2.11 bits per heavy atom. The van der Waals surface area contributed by atoms with Gasteiger partial charge in [-0.25, -0.2) is 0 Å². The van der Waals surface area contributed by atoms with Crippen LogP contribution < -0.4 is 4.74 Å². The Hall–Kier alpha value is -1.72. The lowest BCUT2D eigenvalue weighted by Gasteiger charge is -2.39. The lowest BCUT2D eigenvalue weighted by Crippen LogP contribution is -2.45. The third-order valence-electron chi connectivity index (χ3n) is 5.33. The molecule has 0 amide bonds. The molecule has 2 aromatic carbocycles. The minimum atomic E-state index is -0.883. The summed E-state index contributed by atoms with van der Waals surface area (Å²) >= 11 is 12.5. The number of H-pyrrole nitrogens is 1. The molecule has 0 spiro atoms. The number of rotatable bonds is 4. The largest absolute Gasteiger partial charge is 0.497 e. The normalized spacial score (nSPS) is 20.9. The highest BCUT2D eigenvalue weighted by atomic mass is 35.5. The summed E-state index contributed by atoms with van der Waals surface area (Å²) in [6.45, 7) is 2.22. The van der Waals surface area contributed by atoms with Gasteiger partial charge in [0.05, 0.1) is 12.1 Å². The Bertz CT molecular complexity index is 972. The fraction of sp³-hybridized carbons (Fsp3) is 0.333. The summed E-state index contributed by atoms with van der Waals surface area (Å²) in [5, 5.41) is 13.6. The molecule has 0 radical (unpaired) electrons. The molecular formula is C21H22Cl2N2O2. The molecule has 3 aromatic rings. The van der Waals surface area contributed by atoms with Gasteiger partial charge in [0.2, 0.25) is 0 Å². The van der Waals surface area contributed by atoms with Crippen LogP contribution in [0.2, 0.25) is 10.0 Å². The molecule has 2 N–H and O–H groups in total. The summed E-state index contributed by atoms with van der Waals surface area (Å²) in [4.78, 5) is 5.53. The van der Waals surface area contributed by atoms with Gasteiger partial charge in [-0.2, -0.15) is 0 Å². The second kappa shape index (κ2) is 7.36. The number of halogens is 2. The molecule has 1 aliphatic heterocycles. The van der Waals surface area contributed by atoms with E-state index in [9.17, 15) is 5.11 Å². The molecule has 1 aromatic heterocycles. The van der Waals surface area contributed by atoms with E-state index in [1.807, 2.05) is 36.5 Å². The Kier molecular flexibility index (Phi) is 5.08. The van der Waals surface area contributed by atoms with Crippen molar-refractivity contribution in [2.45, 2.75) is 25.0 Å². The standard InChI is InChI=1S/C21H22Cl2N2O2/c1-27-17-5-2-4-15(8-17)21(26)6-3-7-25(13-21)12-14-11-24-19-10-16(22)9-18(23)20(14)19/h2,4-5,8-11,24,26H,3,6-7,12-13H2,1H3. The Labute approximate surface area is 168 Å². The van der Waals surface area contributed by atoms with Gasteiger partial charge >= 0.3 is 0 Å². The van der Waals surface area contributed by atoms with Crippen LogP contribution in [0.25, 0.3) is 10.9 Å². The van der Waals surface area contributed by atoms with Crippen LogP contribution in [0.3, 0.4) is 0 Å². The highest BCUT2D eigenvalue weighted by Gasteiger charge is 2.35. The van der Waals surface area contributed by atoms with E-state index in [4.69, 9.17) is 27.9 Å². The van der Waals surface area contributed by atoms with Gasteiger partial charge in [-0.1, -0.05) is 35.3 Å². The van der Waals surface area contributed by atoms with E-state index >= 15 is 0 Å². The predicted octanol–water partition coefficient (Wildman–Crippen LogP) is 4.97. The van der Waals surface area contributed by atoms with Crippen LogP contribution in [0.1, 0.15) is 24.0 Å². The van der Waals surface area contributed by atoms with E-state index in [2.05, 4.69) is 9.88 Å². The Morgan fingerprint density at radius 1 is 1.26 bits per heavy atom. The number of β-amino-alcohol motifs (C(OH)–C–C–N with tert-alkyl or cyclic N) is 1. The Morgan fingerprint density at radius 3 is 2.93 bits per heavy atom. The monoisotopic (exact) mass is 404 g/mol. The number of fused-ring (bicyclic) bond motifs is 1. The van der Waals surface area contributed by atoms with Crippen molar-refractivity contribution in [2.75, 3.05) is 20.2 Å². The van der Waals surface area contributed by atoms with Crippen molar-refractivity contribution in [3.8, 4) is 5.75 Å². The number of nitrogens with zero attached hydrogens (tertiary/aromatic N) is 1. The molecule has 6 heteroatoms. The van der Waals surface area contributed by atoms with Crippen LogP contribution in [-0.2, 0) is 12.1 Å². The van der Waals surface area contributed by atoms with E-state index in [0.717, 1.165) is 47.2 Å². The third-order valence-corrected chi connectivity index (χ3v) is 5.85. The van der Waals surface area contributed by atoms with E-state index < -0.39 is 5.60 Å². The van der Waals surface area contributed by atoms with Gasteiger partial charge in [-0.3, -0.25) is 4.90 Å². The number of methoxy groups -OCH3 is 1. The summed E-state index contributed by atoms with van der Waals surface area (Å²) < 4.78 is 5.32. The minimum absolute atomic E-state index is 0.568. The summed E-state index contributed by atoms with van der Waals surface area (Å²) in [5.41, 5.74) is 2.06. The van der Waals surface area contributed by atoms with Gasteiger partial charge < -0.3 is 14.8 Å². The second-order valence-corrected chi connectivity index (χ2v) is 8.05. The van der Waals surface area contributed by atoms with Crippen molar-refractivity contribution in [3.63, 3.8) is 0 Å². The smallest absolute Gasteiger partial charge is 0.119 e. The Balaban J connectivity index is 1.59. The van der Waals surface area contributed by atoms with Gasteiger partial charge in [-0.15, -0.1) is 0 Å². The quantitative estimate of drug-likeness (QED) is 0.645. The van der Waals surface area contributed by atoms with Crippen molar-refractivity contribution >= 4 is 34.1 Å². The average Bonchev–Trinajstić information content (AvgIpc) is 3.04. The fourth-order valence-corrected chi connectivity index (χ4v) is 4.64. The minimum Gasteiger partial charge on any atom is -0.497 e. The number of aromatic amines is 1. The fourth-order valence-electron chi connectivity index (χ4n) is 4.02. The summed E-state index contributed by atoms with van der Waals surface area (Å²) in [6.07, 6.45) is 3.64. The zero-order chi connectivity index (χ0) is 19.0. The lowest BCUT2D eigenvalue weighted by molar-refractivity contribution is -0.0381. The van der Waals surface area contributed by atoms with Crippen molar-refractivity contribution < 1.29 is 9.84 Å². The lowest BCUT2D eigenvalue weighted by atomic mass is 9.85. The third kappa shape index (κ3) is 3.67. The summed E-state index contributed by atoms with van der Waals surface area (Å²) in [6, 6.07) is 11.4. The van der Waals surface area contributed by atoms with Crippen molar-refractivity contribution in [1.29, 1.82) is 0 Å². The number of hydrogen-bond acceptors (Lipinski definition) is 3. The van der Waals surface area contributed by atoms with Crippen LogP contribution in [0.5, 0.6) is 5.75 Å². The van der Waals surface area contributed by atoms with E-state index in [1.54, 1.807) is 13.2 Å². The molecule has 1 saturated heterocycles. The molecule has 0 saturated carbocycles. The predicted molar refractivity (Wildman–Crippen MR) is 110 cm³/mol. The number of benzene rings is 2. The molecule has 0 bridgehead atoms. The maximum Gasteiger partial charge on any atom is 0.119 e. The van der Waals surface area contributed by atoms with Gasteiger partial charge in [-0.05, 0) is 54.8 Å². The molecule has 2 heterocycles. The molecule has 1 unspecified atom stereocenters. The number of likely N-dealkylation sites (tertiary alicyclic amines) is 1. The molecule has 142 valence electrons. The van der Waals surface area contributed by atoms with E-state index in [-0.39, 0.29) is 0 Å². The van der Waals surface area contributed by atoms with Gasteiger partial charge in [0.15, 0.2) is 0 Å². The number of nitrogens with one attached hydrogen (secondary N) is 1. The summed E-state index contributed by atoms with van der Waals surface area (Å²) in [7, 11) is 1.64. The zero-order valence-corrected chi connectivity index (χ0v) is 16.6. The highest BCUT2D eigenvalue weighted by molar-refractivity contribution is 6.38. The number of aliphatic hydroxyl groups is 1. The van der Waals surface area contributed by atoms with Crippen molar-refractivity contribution in [1.82, 2.24) is 9.88 Å². The molecule has 1 fully saturated rings. The van der Waals surface area contributed by atoms with Crippen LogP contribution in [-0.4, -0.2) is 35.2 Å². The first kappa shape index (κ1) is 18.6. The highest BCUT2D eigenvalue weighted by Crippen LogP contribution is 2.35. The molecule has 1 aliphatic rings. The topological polar surface area (TPSA) is 48.5 Å². The first-order chi connectivity index (χ1) is 13.0. The molecule has 1 atom stereocenters. The van der Waals surface area contributed by atoms with Crippen LogP contribution in [0.15, 0.2) is 42.6 Å². The maximum atomic E-state index is 11.3. The van der Waals surface area contributed by atoms with Crippen LogP contribution >= 0.6 is 23.2 Å². The van der Waals surface area contributed by atoms with Crippen molar-refractivity contribution in [2.24, 2.45) is 0 Å². The maximum absolute atomic E-state index is 11.3. The first-order valence-electron chi connectivity index (χ1n) is 9.03. The van der Waals surface area contributed by atoms with Gasteiger partial charge in [0.1, 0.15) is 11.4 Å². The zero-order valence-electron chi connectivity index (χ0n) is 15.1. The molecule has 4 nitrogen and oxygen atoms in total. The second-order valence-electron chi connectivity index (χ2n) is 7.20. The van der Waals surface area contributed by atoms with Crippen LogP contribution in [0, 0.1) is 0 Å². The average molecular weight is 405 g/mol.